The lowest BCUT2D eigenvalue weighted by atomic mass is 10.1. The van der Waals surface area contributed by atoms with Crippen molar-refractivity contribution < 1.29 is 57.7 Å². The van der Waals surface area contributed by atoms with Gasteiger partial charge in [-0.2, -0.15) is 0 Å². The van der Waals surface area contributed by atoms with Crippen LogP contribution in [0, 0.1) is 0 Å². The fourth-order valence-electron chi connectivity index (χ4n) is 4.96. The zero-order valence-corrected chi connectivity index (χ0v) is 37.8. The Hall–Kier alpha value is -4.20. The lowest BCUT2D eigenvalue weighted by molar-refractivity contribution is -0.161. The minimum atomic E-state index is -4.78. The first-order valence-corrected chi connectivity index (χ1v) is 23.3. The molecule has 0 aliphatic rings. The van der Waals surface area contributed by atoms with Gasteiger partial charge in [-0.05, 0) is 77.0 Å². The Bertz CT molecular complexity index is 1540. The van der Waals surface area contributed by atoms with E-state index in [-0.39, 0.29) is 12.8 Å². The Morgan fingerprint density at radius 1 is 0.581 bits per heavy atom. The predicted molar refractivity (Wildman–Crippen MR) is 247 cm³/mol. The lowest BCUT2D eigenvalue weighted by Gasteiger charge is -2.20. The van der Waals surface area contributed by atoms with Crippen molar-refractivity contribution in [2.45, 2.75) is 141 Å². The molecule has 6 N–H and O–H groups in total. The molecule has 0 amide bonds. The summed E-state index contributed by atoms with van der Waals surface area (Å²) < 4.78 is 32.5. The van der Waals surface area contributed by atoms with E-state index in [0.29, 0.717) is 32.1 Å². The van der Waals surface area contributed by atoms with E-state index < -0.39 is 69.9 Å². The first-order chi connectivity index (χ1) is 29.9. The van der Waals surface area contributed by atoms with Crippen molar-refractivity contribution in [1.82, 2.24) is 0 Å². The second-order valence-corrected chi connectivity index (χ2v) is 15.6. The van der Waals surface area contributed by atoms with Crippen LogP contribution in [0.5, 0.6) is 0 Å². The zero-order valence-electron chi connectivity index (χ0n) is 36.9. The Kier molecular flexibility index (Phi) is 38.1. The van der Waals surface area contributed by atoms with Gasteiger partial charge in [-0.3, -0.25) is 23.4 Å². The quantitative estimate of drug-likeness (QED) is 0.0129. The maximum Gasteiger partial charge on any atom is 0.472 e. The van der Waals surface area contributed by atoms with Gasteiger partial charge in [0.1, 0.15) is 12.6 Å². The summed E-state index contributed by atoms with van der Waals surface area (Å²) >= 11 is 0. The second-order valence-electron chi connectivity index (χ2n) is 14.1. The molecule has 13 nitrogen and oxygen atoms in total. The molecule has 0 aliphatic carbocycles. The number of phosphoric acid groups is 1. The number of rotatable bonds is 38. The molecule has 14 heteroatoms. The Morgan fingerprint density at radius 3 is 1.65 bits per heavy atom. The van der Waals surface area contributed by atoms with Crippen LogP contribution in [-0.2, 0) is 37.5 Å². The molecule has 0 fully saturated rings. The summed E-state index contributed by atoms with van der Waals surface area (Å²) in [6, 6.07) is -1.56. The van der Waals surface area contributed by atoms with Gasteiger partial charge in [-0.25, -0.2) is 4.57 Å². The molecular formula is C48H74NO12P. The van der Waals surface area contributed by atoms with Crippen molar-refractivity contribution in [2.75, 3.05) is 19.8 Å². The first-order valence-electron chi connectivity index (χ1n) is 21.8. The minimum absolute atomic E-state index is 0.0262. The van der Waals surface area contributed by atoms with Gasteiger partial charge >= 0.3 is 25.7 Å². The first kappa shape index (κ1) is 57.8. The molecule has 0 aromatic heterocycles. The summed E-state index contributed by atoms with van der Waals surface area (Å²) in [5.41, 5.74) is 5.32. The number of unbranched alkanes of at least 4 members (excludes halogenated alkanes) is 4. The summed E-state index contributed by atoms with van der Waals surface area (Å²) in [7, 11) is -4.78. The molecule has 0 aliphatic heterocycles. The molecule has 0 bridgehead atoms. The predicted octanol–water partition coefficient (Wildman–Crippen LogP) is 9.55. The Morgan fingerprint density at radius 2 is 1.06 bits per heavy atom. The van der Waals surface area contributed by atoms with Gasteiger partial charge in [-0.15, -0.1) is 0 Å². The van der Waals surface area contributed by atoms with Crippen LogP contribution in [0.3, 0.4) is 0 Å². The number of hydrogen-bond donors (Lipinski definition) is 5. The number of hydrogen-bond acceptors (Lipinski definition) is 11. The molecule has 0 heterocycles. The van der Waals surface area contributed by atoms with Crippen LogP contribution >= 0.6 is 7.82 Å². The maximum atomic E-state index is 12.6. The van der Waals surface area contributed by atoms with E-state index in [0.717, 1.165) is 57.8 Å². The molecule has 0 rings (SSSR count). The van der Waals surface area contributed by atoms with E-state index >= 15 is 0 Å². The minimum Gasteiger partial charge on any atom is -0.480 e. The molecule has 0 aromatic rings. The van der Waals surface area contributed by atoms with Crippen LogP contribution in [0.1, 0.15) is 117 Å². The van der Waals surface area contributed by atoms with Crippen LogP contribution in [0.2, 0.25) is 0 Å². The van der Waals surface area contributed by atoms with E-state index in [1.807, 2.05) is 43.4 Å². The third-order valence-electron chi connectivity index (χ3n) is 8.38. The van der Waals surface area contributed by atoms with Crippen molar-refractivity contribution in [3.05, 3.63) is 122 Å². The highest BCUT2D eigenvalue weighted by atomic mass is 31.2. The largest absolute Gasteiger partial charge is 0.480 e. The highest BCUT2D eigenvalue weighted by Gasteiger charge is 2.28. The topological polar surface area (TPSA) is 212 Å². The van der Waals surface area contributed by atoms with Crippen LogP contribution < -0.4 is 5.73 Å². The molecule has 1 unspecified atom stereocenters. The third-order valence-corrected chi connectivity index (χ3v) is 9.34. The monoisotopic (exact) mass is 887 g/mol. The smallest absolute Gasteiger partial charge is 0.472 e. The Balaban J connectivity index is 4.66. The van der Waals surface area contributed by atoms with E-state index in [9.17, 15) is 34.1 Å². The van der Waals surface area contributed by atoms with Crippen LogP contribution in [-0.4, -0.2) is 82.3 Å². The molecule has 5 atom stereocenters. The number of allylic oxidation sites excluding steroid dienone is 16. The molecular weight excluding hydrogens is 813 g/mol. The van der Waals surface area contributed by atoms with Crippen molar-refractivity contribution in [3.63, 3.8) is 0 Å². The number of nitrogens with two attached hydrogens (primary N) is 1. The van der Waals surface area contributed by atoms with Gasteiger partial charge in [0.2, 0.25) is 0 Å². The summed E-state index contributed by atoms with van der Waals surface area (Å²) in [6.07, 6.45) is 47.7. The number of aliphatic carboxylic acids is 1. The van der Waals surface area contributed by atoms with E-state index in [1.54, 1.807) is 36.5 Å². The summed E-state index contributed by atoms with van der Waals surface area (Å²) in [4.78, 5) is 46.0. The molecule has 0 radical (unpaired) electrons. The number of phosphoric ester groups is 1. The SMILES string of the molecule is CC/C=C\C/C=C\C/C=C\C/C=C\CCCCCCC(=O)O[C@H](COC(=O)CC/C=C\C/C=C\C[C@H](O)/C=C/C=C\C=C\[C@H](O)C/C=C\CC)COP(=O)(O)OC[C@H](N)C(=O)O. The number of aliphatic hydroxyl groups excluding tert-OH is 2. The number of aliphatic hydroxyl groups is 2. The van der Waals surface area contributed by atoms with E-state index in [2.05, 4.69) is 60.1 Å². The van der Waals surface area contributed by atoms with Crippen molar-refractivity contribution in [1.29, 1.82) is 0 Å². The molecule has 62 heavy (non-hydrogen) atoms. The van der Waals surface area contributed by atoms with Gasteiger partial charge in [0.25, 0.3) is 0 Å². The number of carboxylic acids is 1. The van der Waals surface area contributed by atoms with Gasteiger partial charge in [0, 0.05) is 12.8 Å². The van der Waals surface area contributed by atoms with E-state index in [4.69, 9.17) is 24.8 Å². The summed E-state index contributed by atoms with van der Waals surface area (Å²) in [5.74, 6) is -2.62. The standard InChI is InChI=1S/C48H74NO12P/c1-3-5-7-8-9-10-11-12-13-14-15-16-17-18-19-24-32-38-47(53)61-44(40-59-62(56,57)60-41-45(49)48(54)55)39-58-46(52)37-31-23-21-20-22-28-34-43(51)36-30-26-25-29-35-42(50)33-27-6-4-2/h5-7,9-10,12-13,15-16,21-23,25-30,35-36,42-45,50-51H,3-4,8,11,14,17-20,24,31-34,37-41,49H2,1-2H3,(H,54,55)(H,56,57)/b7-5-,10-9-,13-12-,16-15-,23-21-,26-25-,27-6-,28-22-,35-29+,36-30+/t42-,43+,44-,45+/m1/s1. The van der Waals surface area contributed by atoms with Crippen LogP contribution in [0.15, 0.2) is 122 Å². The normalized spacial score (nSPS) is 15.8. The van der Waals surface area contributed by atoms with Crippen LogP contribution in [0.4, 0.5) is 0 Å². The van der Waals surface area contributed by atoms with Crippen molar-refractivity contribution in [3.8, 4) is 0 Å². The molecule has 0 saturated heterocycles. The third kappa shape index (κ3) is 39.9. The van der Waals surface area contributed by atoms with Gasteiger partial charge < -0.3 is 35.4 Å². The summed E-state index contributed by atoms with van der Waals surface area (Å²) in [5, 5.41) is 28.8. The highest BCUT2D eigenvalue weighted by Crippen LogP contribution is 2.43. The molecule has 0 spiro atoms. The highest BCUT2D eigenvalue weighted by molar-refractivity contribution is 7.47. The lowest BCUT2D eigenvalue weighted by Crippen LogP contribution is -2.34. The number of carbonyl (C=O) groups excluding carboxylic acids is 2. The fraction of sp³-hybridized carbons (Fsp3) is 0.521. The fourth-order valence-corrected chi connectivity index (χ4v) is 5.74. The molecule has 348 valence electrons. The number of carboxylic acid groups (broad SMARTS) is 1. The summed E-state index contributed by atoms with van der Waals surface area (Å²) in [6.45, 7) is 2.27. The van der Waals surface area contributed by atoms with Gasteiger partial charge in [0.05, 0.1) is 25.4 Å². The number of carbonyl (C=O) groups is 3. The number of ether oxygens (including phenoxy) is 2. The average Bonchev–Trinajstić information content (AvgIpc) is 3.24. The zero-order chi connectivity index (χ0) is 45.9. The molecule has 0 saturated carbocycles. The van der Waals surface area contributed by atoms with Gasteiger partial charge in [-0.1, -0.05) is 148 Å². The van der Waals surface area contributed by atoms with Crippen LogP contribution in [0.25, 0.3) is 0 Å². The van der Waals surface area contributed by atoms with E-state index in [1.165, 1.54) is 0 Å². The molecule has 0 aromatic carbocycles. The van der Waals surface area contributed by atoms with Gasteiger partial charge in [0.15, 0.2) is 6.10 Å². The Labute approximate surface area is 370 Å². The average molecular weight is 888 g/mol. The second kappa shape index (κ2) is 40.8. The van der Waals surface area contributed by atoms with Crippen molar-refractivity contribution in [2.24, 2.45) is 5.73 Å². The maximum absolute atomic E-state index is 12.6. The van der Waals surface area contributed by atoms with Crippen molar-refractivity contribution >= 4 is 25.7 Å². The number of esters is 2.